The molecule has 0 amide bonds. The molecule has 1 saturated heterocycles. The van der Waals surface area contributed by atoms with Gasteiger partial charge >= 0.3 is 0 Å². The van der Waals surface area contributed by atoms with Crippen molar-refractivity contribution in [2.24, 2.45) is 11.8 Å². The molecule has 0 radical (unpaired) electrons. The van der Waals surface area contributed by atoms with Gasteiger partial charge in [-0.15, -0.1) is 0 Å². The molecule has 2 rings (SSSR count). The Hall–Kier alpha value is -1.02. The summed E-state index contributed by atoms with van der Waals surface area (Å²) < 4.78 is 0. The van der Waals surface area contributed by atoms with Gasteiger partial charge < -0.3 is 10.2 Å². The molecule has 118 valence electrons. The highest BCUT2D eigenvalue weighted by atomic mass is 15.2. The highest BCUT2D eigenvalue weighted by Gasteiger charge is 2.31. The van der Waals surface area contributed by atoms with Crippen molar-refractivity contribution < 1.29 is 0 Å². The maximum absolute atomic E-state index is 3.76. The van der Waals surface area contributed by atoms with E-state index in [0.29, 0.717) is 23.9 Å². The third-order valence-corrected chi connectivity index (χ3v) is 4.78. The number of anilines is 1. The van der Waals surface area contributed by atoms with E-state index in [0.717, 1.165) is 13.1 Å². The Labute approximate surface area is 130 Å². The maximum atomic E-state index is 3.76. The first-order valence-corrected chi connectivity index (χ1v) is 8.62. The molecule has 21 heavy (non-hydrogen) atoms. The summed E-state index contributed by atoms with van der Waals surface area (Å²) >= 11 is 0. The maximum Gasteiger partial charge on any atom is 0.0438 e. The van der Waals surface area contributed by atoms with Gasteiger partial charge in [-0.2, -0.15) is 0 Å². The van der Waals surface area contributed by atoms with Crippen LogP contribution in [0.3, 0.4) is 0 Å². The molecule has 1 aliphatic heterocycles. The zero-order chi connectivity index (χ0) is 15.4. The lowest BCUT2D eigenvalue weighted by Crippen LogP contribution is -2.60. The van der Waals surface area contributed by atoms with Gasteiger partial charge in [-0.1, -0.05) is 59.2 Å². The second-order valence-corrected chi connectivity index (χ2v) is 7.10. The molecule has 1 aliphatic rings. The molecule has 0 bridgehead atoms. The number of rotatable bonds is 5. The van der Waals surface area contributed by atoms with Crippen molar-refractivity contribution in [3.63, 3.8) is 0 Å². The van der Waals surface area contributed by atoms with E-state index in [-0.39, 0.29) is 0 Å². The summed E-state index contributed by atoms with van der Waals surface area (Å²) in [6.45, 7) is 13.8. The van der Waals surface area contributed by atoms with Crippen LogP contribution in [0.2, 0.25) is 0 Å². The van der Waals surface area contributed by atoms with Crippen LogP contribution in [-0.2, 0) is 6.42 Å². The number of hydrogen-bond acceptors (Lipinski definition) is 2. The number of benzene rings is 1. The Bertz CT molecular complexity index is 439. The minimum atomic E-state index is 0.592. The lowest BCUT2D eigenvalue weighted by Gasteiger charge is -2.45. The first-order valence-electron chi connectivity index (χ1n) is 8.62. The topological polar surface area (TPSA) is 15.3 Å². The Morgan fingerprint density at radius 3 is 2.48 bits per heavy atom. The molecule has 1 N–H and O–H groups in total. The van der Waals surface area contributed by atoms with Crippen molar-refractivity contribution >= 4 is 5.69 Å². The molecule has 0 saturated carbocycles. The number of aryl methyl sites for hydroxylation is 1. The monoisotopic (exact) mass is 288 g/mol. The van der Waals surface area contributed by atoms with Gasteiger partial charge in [0.05, 0.1) is 0 Å². The molecule has 0 aromatic heterocycles. The van der Waals surface area contributed by atoms with Gasteiger partial charge in [0.25, 0.3) is 0 Å². The van der Waals surface area contributed by atoms with E-state index >= 15 is 0 Å². The molecule has 2 heteroatoms. The summed E-state index contributed by atoms with van der Waals surface area (Å²) in [5.41, 5.74) is 2.97. The van der Waals surface area contributed by atoms with E-state index in [2.05, 4.69) is 69.1 Å². The van der Waals surface area contributed by atoms with Gasteiger partial charge in [-0.05, 0) is 29.9 Å². The quantitative estimate of drug-likeness (QED) is 0.877. The molecule has 0 spiro atoms. The van der Waals surface area contributed by atoms with Crippen LogP contribution in [-0.4, -0.2) is 25.2 Å². The smallest absolute Gasteiger partial charge is 0.0438 e. The van der Waals surface area contributed by atoms with Crippen LogP contribution in [0, 0.1) is 11.8 Å². The number of nitrogens with zero attached hydrogens (tertiary/aromatic N) is 1. The van der Waals surface area contributed by atoms with Crippen LogP contribution < -0.4 is 10.2 Å². The van der Waals surface area contributed by atoms with E-state index in [1.54, 1.807) is 0 Å². The minimum Gasteiger partial charge on any atom is -0.365 e. The highest BCUT2D eigenvalue weighted by molar-refractivity contribution is 5.55. The fourth-order valence-electron chi connectivity index (χ4n) is 3.39. The van der Waals surface area contributed by atoms with Gasteiger partial charge in [-0.3, -0.25) is 0 Å². The van der Waals surface area contributed by atoms with Gasteiger partial charge in [0.15, 0.2) is 0 Å². The second kappa shape index (κ2) is 7.31. The largest absolute Gasteiger partial charge is 0.365 e. The normalized spacial score (nSPS) is 23.1. The first kappa shape index (κ1) is 16.4. The predicted molar refractivity (Wildman–Crippen MR) is 93.0 cm³/mol. The SMILES string of the molecule is CCCc1ccccc1N1CC(C(C)C)NCC1C(C)C. The Morgan fingerprint density at radius 1 is 1.14 bits per heavy atom. The molecule has 1 fully saturated rings. The minimum absolute atomic E-state index is 0.592. The third kappa shape index (κ3) is 3.79. The Kier molecular flexibility index (Phi) is 5.69. The molecular formula is C19H32N2. The van der Waals surface area contributed by atoms with Crippen molar-refractivity contribution in [1.29, 1.82) is 0 Å². The average Bonchev–Trinajstić information content (AvgIpc) is 2.47. The lowest BCUT2D eigenvalue weighted by atomic mass is 9.92. The molecular weight excluding hydrogens is 256 g/mol. The summed E-state index contributed by atoms with van der Waals surface area (Å²) in [7, 11) is 0. The average molecular weight is 288 g/mol. The summed E-state index contributed by atoms with van der Waals surface area (Å²) in [6.07, 6.45) is 2.39. The van der Waals surface area contributed by atoms with Crippen molar-refractivity contribution in [1.82, 2.24) is 5.32 Å². The van der Waals surface area contributed by atoms with Gasteiger partial charge in [0.2, 0.25) is 0 Å². The number of hydrogen-bond donors (Lipinski definition) is 1. The van der Waals surface area contributed by atoms with Crippen LogP contribution in [0.4, 0.5) is 5.69 Å². The van der Waals surface area contributed by atoms with Crippen molar-refractivity contribution in [3.8, 4) is 0 Å². The number of piperazine rings is 1. The third-order valence-electron chi connectivity index (χ3n) is 4.78. The van der Waals surface area contributed by atoms with Crippen LogP contribution in [0.5, 0.6) is 0 Å². The predicted octanol–water partition coefficient (Wildman–Crippen LogP) is 4.10. The van der Waals surface area contributed by atoms with E-state index < -0.39 is 0 Å². The van der Waals surface area contributed by atoms with Crippen LogP contribution in [0.25, 0.3) is 0 Å². The van der Waals surface area contributed by atoms with Crippen molar-refractivity contribution in [2.75, 3.05) is 18.0 Å². The molecule has 2 atom stereocenters. The summed E-state index contributed by atoms with van der Waals surface area (Å²) in [4.78, 5) is 2.68. The lowest BCUT2D eigenvalue weighted by molar-refractivity contribution is 0.295. The van der Waals surface area contributed by atoms with Gasteiger partial charge in [0, 0.05) is 30.9 Å². The van der Waals surface area contributed by atoms with Crippen molar-refractivity contribution in [3.05, 3.63) is 29.8 Å². The highest BCUT2D eigenvalue weighted by Crippen LogP contribution is 2.29. The molecule has 1 heterocycles. The molecule has 1 aromatic carbocycles. The van der Waals surface area contributed by atoms with Crippen LogP contribution >= 0.6 is 0 Å². The van der Waals surface area contributed by atoms with Gasteiger partial charge in [-0.25, -0.2) is 0 Å². The first-order chi connectivity index (χ1) is 10.0. The van der Waals surface area contributed by atoms with Crippen LogP contribution in [0.1, 0.15) is 46.6 Å². The van der Waals surface area contributed by atoms with E-state index in [1.807, 2.05) is 0 Å². The fourth-order valence-corrected chi connectivity index (χ4v) is 3.39. The summed E-state index contributed by atoms with van der Waals surface area (Å²) in [6, 6.07) is 10.2. The van der Waals surface area contributed by atoms with Crippen LogP contribution in [0.15, 0.2) is 24.3 Å². The Balaban J connectivity index is 2.31. The number of nitrogens with one attached hydrogen (secondary N) is 1. The standard InChI is InChI=1S/C19H32N2/c1-6-9-16-10-7-8-11-18(16)21-13-17(14(2)3)20-12-19(21)15(4)5/h7-8,10-11,14-15,17,19-20H,6,9,12-13H2,1-5H3. The second-order valence-electron chi connectivity index (χ2n) is 7.10. The van der Waals surface area contributed by atoms with E-state index in [4.69, 9.17) is 0 Å². The Morgan fingerprint density at radius 2 is 1.86 bits per heavy atom. The fraction of sp³-hybridized carbons (Fsp3) is 0.684. The van der Waals surface area contributed by atoms with Gasteiger partial charge in [0.1, 0.15) is 0 Å². The summed E-state index contributed by atoms with van der Waals surface area (Å²) in [5.74, 6) is 1.35. The van der Waals surface area contributed by atoms with E-state index in [9.17, 15) is 0 Å². The zero-order valence-corrected chi connectivity index (χ0v) is 14.4. The van der Waals surface area contributed by atoms with Crippen molar-refractivity contribution in [2.45, 2.75) is 59.5 Å². The molecule has 2 unspecified atom stereocenters. The number of para-hydroxylation sites is 1. The van der Waals surface area contributed by atoms with E-state index in [1.165, 1.54) is 24.1 Å². The zero-order valence-electron chi connectivity index (χ0n) is 14.4. The summed E-state index contributed by atoms with van der Waals surface area (Å²) in [5, 5.41) is 3.76. The molecule has 2 nitrogen and oxygen atoms in total. The molecule has 0 aliphatic carbocycles. The molecule has 1 aromatic rings.